The first-order valence-corrected chi connectivity index (χ1v) is 11.5. The number of hydrogen-bond acceptors (Lipinski definition) is 9. The molecule has 0 saturated heterocycles. The van der Waals surface area contributed by atoms with Crippen LogP contribution in [0.3, 0.4) is 0 Å². The number of nitrogens with zero attached hydrogens (tertiary/aromatic N) is 5. The predicted molar refractivity (Wildman–Crippen MR) is 126 cm³/mol. The van der Waals surface area contributed by atoms with E-state index in [0.717, 1.165) is 11.3 Å². The summed E-state index contributed by atoms with van der Waals surface area (Å²) >= 11 is 7.31. The molecule has 0 bridgehead atoms. The zero-order valence-electron chi connectivity index (χ0n) is 18.8. The van der Waals surface area contributed by atoms with Crippen molar-refractivity contribution in [2.45, 2.75) is 45.6 Å². The zero-order chi connectivity index (χ0) is 24.6. The van der Waals surface area contributed by atoms with Gasteiger partial charge in [0, 0.05) is 11.0 Å². The summed E-state index contributed by atoms with van der Waals surface area (Å²) < 4.78 is 0. The molecular weight excluding hydrogens is 480 g/mol. The minimum Gasteiger partial charge on any atom is -0.342 e. The van der Waals surface area contributed by atoms with Crippen LogP contribution in [0, 0.1) is 0 Å². The molecule has 13 heteroatoms. The second-order valence-corrected chi connectivity index (χ2v) is 10.1. The van der Waals surface area contributed by atoms with E-state index in [2.05, 4.69) is 40.9 Å². The lowest BCUT2D eigenvalue weighted by Gasteiger charge is -2.19. The van der Waals surface area contributed by atoms with Gasteiger partial charge in [0.1, 0.15) is 27.7 Å². The Morgan fingerprint density at radius 2 is 1.91 bits per heavy atom. The Morgan fingerprint density at radius 1 is 1.15 bits per heavy atom. The average molecular weight is 501 g/mol. The van der Waals surface area contributed by atoms with Gasteiger partial charge in [-0.25, -0.2) is 24.9 Å². The number of fused-ring (bicyclic) bond motifs is 1. The second kappa shape index (κ2) is 9.03. The van der Waals surface area contributed by atoms with Crippen LogP contribution in [-0.4, -0.2) is 42.6 Å². The lowest BCUT2D eigenvalue weighted by molar-refractivity contribution is -0.115. The van der Waals surface area contributed by atoms with Crippen LogP contribution < -0.4 is 16.0 Å². The lowest BCUT2D eigenvalue weighted by Crippen LogP contribution is -2.28. The number of amides is 3. The fourth-order valence-corrected chi connectivity index (χ4v) is 4.45. The first-order chi connectivity index (χ1) is 16.0. The molecule has 0 radical (unpaired) electrons. The zero-order valence-corrected chi connectivity index (χ0v) is 20.3. The van der Waals surface area contributed by atoms with E-state index in [0.29, 0.717) is 32.0 Å². The third-order valence-corrected chi connectivity index (χ3v) is 6.36. The van der Waals surface area contributed by atoms with E-state index in [4.69, 9.17) is 11.6 Å². The van der Waals surface area contributed by atoms with Gasteiger partial charge in [-0.3, -0.25) is 19.7 Å². The molecule has 0 saturated carbocycles. The van der Waals surface area contributed by atoms with Crippen molar-refractivity contribution in [1.82, 2.24) is 30.2 Å². The van der Waals surface area contributed by atoms with Crippen molar-refractivity contribution in [3.8, 4) is 0 Å². The number of halogens is 1. The van der Waals surface area contributed by atoms with Gasteiger partial charge < -0.3 is 10.6 Å². The van der Waals surface area contributed by atoms with Crippen LogP contribution in [0.2, 0.25) is 5.02 Å². The van der Waals surface area contributed by atoms with E-state index in [1.54, 1.807) is 6.92 Å². The maximum atomic E-state index is 12.7. The molecule has 0 aliphatic carbocycles. The highest BCUT2D eigenvalue weighted by Crippen LogP contribution is 2.28. The SMILES string of the molecule is CC(NC(=O)c1ncnc2c1CC(=O)N2)c1ncc(C(=O)Nc2ncc(Cl)c(C(C)(C)C)n2)s1. The van der Waals surface area contributed by atoms with E-state index < -0.39 is 17.9 Å². The number of carbonyl (C=O) groups is 3. The first-order valence-electron chi connectivity index (χ1n) is 10.3. The molecule has 1 unspecified atom stereocenters. The Morgan fingerprint density at radius 3 is 2.65 bits per heavy atom. The van der Waals surface area contributed by atoms with Crippen LogP contribution >= 0.6 is 22.9 Å². The molecule has 1 atom stereocenters. The molecule has 34 heavy (non-hydrogen) atoms. The number of nitrogens with one attached hydrogen (secondary N) is 3. The molecule has 3 N–H and O–H groups in total. The van der Waals surface area contributed by atoms with Crippen molar-refractivity contribution in [2.75, 3.05) is 10.6 Å². The Hall–Kier alpha value is -3.51. The van der Waals surface area contributed by atoms with Gasteiger partial charge in [-0.1, -0.05) is 32.4 Å². The molecule has 0 aromatic carbocycles. The van der Waals surface area contributed by atoms with Gasteiger partial charge in [0.2, 0.25) is 11.9 Å². The van der Waals surface area contributed by atoms with Crippen LogP contribution in [-0.2, 0) is 16.6 Å². The topological polar surface area (TPSA) is 152 Å². The number of aromatic nitrogens is 5. The molecule has 1 aliphatic heterocycles. The average Bonchev–Trinajstić information content (AvgIpc) is 3.40. The highest BCUT2D eigenvalue weighted by Gasteiger charge is 2.27. The predicted octanol–water partition coefficient (Wildman–Crippen LogP) is 2.91. The fourth-order valence-electron chi connectivity index (χ4n) is 3.26. The highest BCUT2D eigenvalue weighted by molar-refractivity contribution is 7.13. The van der Waals surface area contributed by atoms with Gasteiger partial charge in [0.25, 0.3) is 11.8 Å². The van der Waals surface area contributed by atoms with Gasteiger partial charge in [0.15, 0.2) is 0 Å². The summed E-state index contributed by atoms with van der Waals surface area (Å²) in [6.07, 6.45) is 4.13. The van der Waals surface area contributed by atoms with Gasteiger partial charge in [-0.05, 0) is 6.92 Å². The lowest BCUT2D eigenvalue weighted by atomic mass is 9.92. The second-order valence-electron chi connectivity index (χ2n) is 8.63. The summed E-state index contributed by atoms with van der Waals surface area (Å²) in [6.45, 7) is 7.62. The van der Waals surface area contributed by atoms with E-state index >= 15 is 0 Å². The smallest absolute Gasteiger partial charge is 0.270 e. The van der Waals surface area contributed by atoms with E-state index in [1.807, 2.05) is 20.8 Å². The van der Waals surface area contributed by atoms with Gasteiger partial charge >= 0.3 is 0 Å². The third kappa shape index (κ3) is 4.87. The van der Waals surface area contributed by atoms with Crippen LogP contribution in [0.15, 0.2) is 18.7 Å². The maximum absolute atomic E-state index is 12.7. The normalized spacial score (nSPS) is 13.7. The Labute approximate surface area is 203 Å². The van der Waals surface area contributed by atoms with Crippen LogP contribution in [0.4, 0.5) is 11.8 Å². The molecular formula is C21H21ClN8O3S. The number of hydrogen-bond donors (Lipinski definition) is 3. The molecule has 3 amide bonds. The molecule has 1 aliphatic rings. The van der Waals surface area contributed by atoms with Crippen LogP contribution in [0.25, 0.3) is 0 Å². The molecule has 3 aromatic rings. The van der Waals surface area contributed by atoms with Gasteiger partial charge in [-0.15, -0.1) is 11.3 Å². The van der Waals surface area contributed by atoms with Gasteiger partial charge in [-0.2, -0.15) is 0 Å². The number of thiazole rings is 1. The molecule has 176 valence electrons. The summed E-state index contributed by atoms with van der Waals surface area (Å²) in [5, 5.41) is 8.98. The van der Waals surface area contributed by atoms with Crippen molar-refractivity contribution in [2.24, 2.45) is 0 Å². The molecule has 0 fully saturated rings. The summed E-state index contributed by atoms with van der Waals surface area (Å²) in [7, 11) is 0. The molecule has 4 heterocycles. The quantitative estimate of drug-likeness (QED) is 0.483. The van der Waals surface area contributed by atoms with E-state index in [9.17, 15) is 14.4 Å². The van der Waals surface area contributed by atoms with Gasteiger partial charge in [0.05, 0.1) is 35.6 Å². The fraction of sp³-hybridized carbons (Fsp3) is 0.333. The summed E-state index contributed by atoms with van der Waals surface area (Å²) in [4.78, 5) is 58.1. The minimum atomic E-state index is -0.506. The highest BCUT2D eigenvalue weighted by atomic mass is 35.5. The molecule has 4 rings (SSSR count). The molecule has 3 aromatic heterocycles. The largest absolute Gasteiger partial charge is 0.342 e. The van der Waals surface area contributed by atoms with Crippen LogP contribution in [0.1, 0.15) is 70.2 Å². The van der Waals surface area contributed by atoms with Crippen LogP contribution in [0.5, 0.6) is 0 Å². The molecule has 11 nitrogen and oxygen atoms in total. The Bertz CT molecular complexity index is 1300. The van der Waals surface area contributed by atoms with E-state index in [-0.39, 0.29) is 29.4 Å². The molecule has 0 spiro atoms. The van der Waals surface area contributed by atoms with Crippen molar-refractivity contribution in [3.63, 3.8) is 0 Å². The summed E-state index contributed by atoms with van der Waals surface area (Å²) in [6, 6.07) is -0.506. The van der Waals surface area contributed by atoms with Crippen molar-refractivity contribution >= 4 is 52.4 Å². The summed E-state index contributed by atoms with van der Waals surface area (Å²) in [5.74, 6) is -0.662. The number of rotatable bonds is 5. The maximum Gasteiger partial charge on any atom is 0.270 e. The standard InChI is InChI=1S/C21H21ClN8O3S/c1-9(27-18(33)14-10-5-13(31)28-16(10)26-8-25-14)19-23-7-12(34-19)17(32)30-20-24-6-11(22)15(29-20)21(2,3)4/h6-9H,5H2,1-4H3,(H,27,33)(H,24,29,30,32)(H,25,26,28,31). The third-order valence-electron chi connectivity index (χ3n) is 4.90. The van der Waals surface area contributed by atoms with Crippen molar-refractivity contribution in [1.29, 1.82) is 0 Å². The number of carbonyl (C=O) groups excluding carboxylic acids is 3. The first kappa shape index (κ1) is 23.6. The minimum absolute atomic E-state index is 0.0403. The summed E-state index contributed by atoms with van der Waals surface area (Å²) in [5.41, 5.74) is 0.875. The van der Waals surface area contributed by atoms with Crippen molar-refractivity contribution in [3.05, 3.63) is 50.6 Å². The Balaban J connectivity index is 1.44. The number of anilines is 2. The van der Waals surface area contributed by atoms with E-state index in [1.165, 1.54) is 18.7 Å². The van der Waals surface area contributed by atoms with Crippen molar-refractivity contribution < 1.29 is 14.4 Å². The Kier molecular flexibility index (Phi) is 6.28. The monoisotopic (exact) mass is 500 g/mol.